The smallest absolute Gasteiger partial charge is 0.294 e. The Hall–Kier alpha value is -4.16. The van der Waals surface area contributed by atoms with Crippen molar-refractivity contribution in [3.05, 3.63) is 126 Å². The zero-order valence-electron chi connectivity index (χ0n) is 27.1. The van der Waals surface area contributed by atoms with Crippen LogP contribution in [0.3, 0.4) is 0 Å². The molecule has 0 saturated heterocycles. The number of para-hydroxylation sites is 1. The van der Waals surface area contributed by atoms with Gasteiger partial charge in [0.1, 0.15) is 5.75 Å². The SMILES string of the molecule is CCN1/C(=C/C=C/C(=C/C=C/C2=[N+](CCS(=O)(=O)O)c3ccccc3C2(C)C)c2ccncc2)C(C)(C)c2cc(S(=O)(=O)O)ccc21. The van der Waals surface area contributed by atoms with E-state index in [1.54, 1.807) is 24.5 Å². The van der Waals surface area contributed by atoms with E-state index in [1.165, 1.54) is 6.07 Å². The molecular weight excluding hydrogens is 635 g/mol. The zero-order chi connectivity index (χ0) is 34.2. The van der Waals surface area contributed by atoms with Gasteiger partial charge < -0.3 is 4.90 Å². The molecule has 2 aliphatic heterocycles. The van der Waals surface area contributed by atoms with Crippen molar-refractivity contribution < 1.29 is 30.5 Å². The lowest BCUT2D eigenvalue weighted by molar-refractivity contribution is -0.432. The highest BCUT2D eigenvalue weighted by atomic mass is 32.2. The van der Waals surface area contributed by atoms with Gasteiger partial charge in [-0.05, 0) is 73.9 Å². The number of benzene rings is 2. The van der Waals surface area contributed by atoms with Crippen LogP contribution in [0.15, 0.2) is 114 Å². The lowest BCUT2D eigenvalue weighted by Crippen LogP contribution is -2.29. The normalized spacial score (nSPS) is 18.5. The first-order valence-corrected chi connectivity index (χ1v) is 18.4. The van der Waals surface area contributed by atoms with Crippen LogP contribution in [0.1, 0.15) is 51.3 Å². The first-order chi connectivity index (χ1) is 22.1. The maximum Gasteiger partial charge on any atom is 0.294 e. The van der Waals surface area contributed by atoms with E-state index in [4.69, 9.17) is 0 Å². The van der Waals surface area contributed by atoms with E-state index in [0.717, 1.165) is 45.0 Å². The Morgan fingerprint density at radius 2 is 1.62 bits per heavy atom. The highest BCUT2D eigenvalue weighted by molar-refractivity contribution is 7.86. The van der Waals surface area contributed by atoms with Gasteiger partial charge in [0.05, 0.1) is 10.3 Å². The van der Waals surface area contributed by atoms with Crippen molar-refractivity contribution in [1.82, 2.24) is 4.98 Å². The molecular formula is C36H40N3O6S2+. The molecule has 0 aliphatic carbocycles. The molecule has 2 N–H and O–H groups in total. The van der Waals surface area contributed by atoms with E-state index in [9.17, 15) is 25.9 Å². The molecule has 246 valence electrons. The standard InChI is InChI=1S/C36H39N3O6S2/c1-6-38-32-18-17-28(47(43,44)45)25-30(32)36(4,5)33(38)15-9-11-26(27-19-21-37-22-20-27)12-10-16-34-35(2,3)29-13-7-8-14-31(29)39(34)23-24-46(40,41)42/h7-22,25H,6,23-24H2,1-5H3,(H-,40,41,42,43,44,45)/p+1. The van der Waals surface area contributed by atoms with Crippen molar-refractivity contribution in [2.75, 3.05) is 23.7 Å². The van der Waals surface area contributed by atoms with Gasteiger partial charge in [-0.25, -0.2) is 0 Å². The highest BCUT2D eigenvalue weighted by Crippen LogP contribution is 2.48. The fourth-order valence-electron chi connectivity index (χ4n) is 6.52. The molecule has 1 aromatic heterocycles. The van der Waals surface area contributed by atoms with Gasteiger partial charge in [0.25, 0.3) is 20.2 Å². The van der Waals surface area contributed by atoms with Crippen LogP contribution in [-0.4, -0.2) is 60.1 Å². The van der Waals surface area contributed by atoms with Crippen molar-refractivity contribution in [1.29, 1.82) is 0 Å². The second kappa shape index (κ2) is 12.8. The summed E-state index contributed by atoms with van der Waals surface area (Å²) in [4.78, 5) is 6.17. The largest absolute Gasteiger partial charge is 0.344 e. The third-order valence-corrected chi connectivity index (χ3v) is 10.5. The predicted molar refractivity (Wildman–Crippen MR) is 187 cm³/mol. The highest BCUT2D eigenvalue weighted by Gasteiger charge is 2.44. The van der Waals surface area contributed by atoms with Crippen LogP contribution in [0.25, 0.3) is 5.57 Å². The van der Waals surface area contributed by atoms with E-state index >= 15 is 0 Å². The fourth-order valence-corrected chi connectivity index (χ4v) is 7.44. The third kappa shape index (κ3) is 6.94. The van der Waals surface area contributed by atoms with Gasteiger partial charge >= 0.3 is 0 Å². The Bertz CT molecular complexity index is 2080. The van der Waals surface area contributed by atoms with E-state index in [0.29, 0.717) is 6.54 Å². The van der Waals surface area contributed by atoms with E-state index in [-0.39, 0.29) is 11.4 Å². The number of likely N-dealkylation sites (N-methyl/N-ethyl adjacent to an activating group) is 1. The first kappa shape index (κ1) is 34.2. The second-order valence-electron chi connectivity index (χ2n) is 12.6. The molecule has 2 aliphatic rings. The number of nitrogens with zero attached hydrogens (tertiary/aromatic N) is 3. The summed E-state index contributed by atoms with van der Waals surface area (Å²) in [6.45, 7) is 11.1. The number of anilines is 1. The van der Waals surface area contributed by atoms with Crippen LogP contribution in [0, 0.1) is 0 Å². The number of hydrogen-bond donors (Lipinski definition) is 2. The van der Waals surface area contributed by atoms with Gasteiger partial charge in [0.2, 0.25) is 5.69 Å². The average Bonchev–Trinajstić information content (AvgIpc) is 3.36. The van der Waals surface area contributed by atoms with Crippen molar-refractivity contribution in [3.8, 4) is 0 Å². The van der Waals surface area contributed by atoms with Crippen LogP contribution in [0.5, 0.6) is 0 Å². The molecule has 11 heteroatoms. The molecule has 0 radical (unpaired) electrons. The summed E-state index contributed by atoms with van der Waals surface area (Å²) in [5.41, 5.74) is 6.52. The number of allylic oxidation sites excluding steroid dienone is 8. The van der Waals surface area contributed by atoms with Crippen LogP contribution in [-0.2, 0) is 31.1 Å². The molecule has 0 atom stereocenters. The summed E-state index contributed by atoms with van der Waals surface area (Å²) in [7, 11) is -8.50. The molecule has 0 saturated carbocycles. The van der Waals surface area contributed by atoms with Crippen molar-refractivity contribution >= 4 is 42.9 Å². The Morgan fingerprint density at radius 3 is 2.28 bits per heavy atom. The molecule has 47 heavy (non-hydrogen) atoms. The average molecular weight is 675 g/mol. The molecule has 3 aromatic rings. The van der Waals surface area contributed by atoms with Gasteiger partial charge in [-0.2, -0.15) is 21.4 Å². The lowest BCUT2D eigenvalue weighted by atomic mass is 9.81. The lowest BCUT2D eigenvalue weighted by Gasteiger charge is -2.25. The minimum absolute atomic E-state index is 0.116. The molecule has 0 bridgehead atoms. The molecule has 0 amide bonds. The minimum Gasteiger partial charge on any atom is -0.344 e. The molecule has 9 nitrogen and oxygen atoms in total. The van der Waals surface area contributed by atoms with Gasteiger partial charge in [-0.1, -0.05) is 56.4 Å². The molecule has 0 fully saturated rings. The summed E-state index contributed by atoms with van der Waals surface area (Å²) in [5, 5.41) is 0. The summed E-state index contributed by atoms with van der Waals surface area (Å²) in [5.74, 6) is -0.392. The fraction of sp³-hybridized carbons (Fsp3) is 0.278. The number of pyridine rings is 1. The number of hydrogen-bond acceptors (Lipinski definition) is 6. The maximum absolute atomic E-state index is 11.9. The summed E-state index contributed by atoms with van der Waals surface area (Å²) < 4.78 is 68.2. The van der Waals surface area contributed by atoms with Crippen LogP contribution in [0.4, 0.5) is 11.4 Å². The zero-order valence-corrected chi connectivity index (χ0v) is 28.8. The third-order valence-electron chi connectivity index (χ3n) is 8.92. The first-order valence-electron chi connectivity index (χ1n) is 15.3. The maximum atomic E-state index is 11.9. The van der Waals surface area contributed by atoms with Crippen LogP contribution >= 0.6 is 0 Å². The minimum atomic E-state index is -4.34. The predicted octanol–water partition coefficient (Wildman–Crippen LogP) is 6.49. The van der Waals surface area contributed by atoms with Crippen molar-refractivity contribution in [2.45, 2.75) is 50.3 Å². The van der Waals surface area contributed by atoms with E-state index < -0.39 is 36.8 Å². The second-order valence-corrected chi connectivity index (χ2v) is 15.6. The van der Waals surface area contributed by atoms with Crippen molar-refractivity contribution in [2.24, 2.45) is 0 Å². The van der Waals surface area contributed by atoms with Crippen LogP contribution in [0.2, 0.25) is 0 Å². The molecule has 5 rings (SSSR count). The molecule has 2 aromatic carbocycles. The summed E-state index contributed by atoms with van der Waals surface area (Å²) >= 11 is 0. The Kier molecular flexibility index (Phi) is 9.31. The number of aromatic nitrogens is 1. The van der Waals surface area contributed by atoms with Crippen molar-refractivity contribution in [3.63, 3.8) is 0 Å². The van der Waals surface area contributed by atoms with Gasteiger partial charge in [-0.15, -0.1) is 0 Å². The van der Waals surface area contributed by atoms with E-state index in [2.05, 4.69) is 23.7 Å². The molecule has 3 heterocycles. The summed E-state index contributed by atoms with van der Waals surface area (Å²) in [6.07, 6.45) is 15.4. The van der Waals surface area contributed by atoms with E-state index in [1.807, 2.05) is 98.2 Å². The Balaban J connectivity index is 1.53. The van der Waals surface area contributed by atoms with Gasteiger partial charge in [0, 0.05) is 53.4 Å². The van der Waals surface area contributed by atoms with Gasteiger partial charge in [-0.3, -0.25) is 14.1 Å². The summed E-state index contributed by atoms with van der Waals surface area (Å²) in [6, 6.07) is 16.4. The molecule has 0 unspecified atom stereocenters. The van der Waals surface area contributed by atoms with Gasteiger partial charge in [0.15, 0.2) is 12.3 Å². The Morgan fingerprint density at radius 1 is 0.915 bits per heavy atom. The number of rotatable bonds is 10. The number of fused-ring (bicyclic) bond motifs is 2. The Labute approximate surface area is 277 Å². The molecule has 0 spiro atoms. The van der Waals surface area contributed by atoms with Crippen LogP contribution < -0.4 is 4.90 Å². The topological polar surface area (TPSA) is 128 Å². The monoisotopic (exact) mass is 674 g/mol. The quantitative estimate of drug-likeness (QED) is 0.142.